The fraction of sp³-hybridized carbons (Fsp3) is 0.455. The lowest BCUT2D eigenvalue weighted by Crippen LogP contribution is -2.06. The minimum absolute atomic E-state index is 0.109. The molecule has 0 aliphatic carbocycles. The molecule has 0 atom stereocenters. The number of aliphatic carboxylic acids is 1. The highest BCUT2D eigenvalue weighted by molar-refractivity contribution is 5.66. The van der Waals surface area contributed by atoms with E-state index in [1.807, 2.05) is 19.9 Å². The van der Waals surface area contributed by atoms with Gasteiger partial charge in [0.05, 0.1) is 18.7 Å². The average molecular weight is 209 g/mol. The molecular weight excluding hydrogens is 194 g/mol. The van der Waals surface area contributed by atoms with Crippen LogP contribution in [0.4, 0.5) is 0 Å². The third-order valence-corrected chi connectivity index (χ3v) is 1.76. The van der Waals surface area contributed by atoms with Gasteiger partial charge in [0.25, 0.3) is 0 Å². The second kappa shape index (κ2) is 5.34. The number of aromatic nitrogens is 1. The van der Waals surface area contributed by atoms with Crippen molar-refractivity contribution in [2.45, 2.75) is 32.8 Å². The number of nitrogens with zero attached hydrogens (tertiary/aromatic N) is 1. The third kappa shape index (κ3) is 4.44. The standard InChI is InChI=1S/C11H15NO3/c1-8(2)15-10-5-3-9(12-7-10)4-6-11(13)14/h3,5,7-8H,4,6H2,1-2H3,(H,13,14). The minimum Gasteiger partial charge on any atom is -0.489 e. The molecule has 1 rings (SSSR count). The summed E-state index contributed by atoms with van der Waals surface area (Å²) in [6, 6.07) is 3.60. The fourth-order valence-electron chi connectivity index (χ4n) is 1.14. The van der Waals surface area contributed by atoms with Crippen LogP contribution in [0.1, 0.15) is 26.0 Å². The number of hydrogen-bond acceptors (Lipinski definition) is 3. The van der Waals surface area contributed by atoms with E-state index < -0.39 is 5.97 Å². The third-order valence-electron chi connectivity index (χ3n) is 1.76. The summed E-state index contributed by atoms with van der Waals surface area (Å²) in [6.07, 6.45) is 2.31. The molecule has 4 heteroatoms. The maximum absolute atomic E-state index is 10.3. The first-order valence-corrected chi connectivity index (χ1v) is 4.91. The molecule has 1 N–H and O–H groups in total. The first-order valence-electron chi connectivity index (χ1n) is 4.91. The van der Waals surface area contributed by atoms with Gasteiger partial charge in [-0.2, -0.15) is 0 Å². The van der Waals surface area contributed by atoms with Crippen LogP contribution in [0.25, 0.3) is 0 Å². The first kappa shape index (κ1) is 11.5. The zero-order valence-electron chi connectivity index (χ0n) is 8.93. The summed E-state index contributed by atoms with van der Waals surface area (Å²) >= 11 is 0. The second-order valence-electron chi connectivity index (χ2n) is 3.55. The summed E-state index contributed by atoms with van der Waals surface area (Å²) < 4.78 is 5.42. The van der Waals surface area contributed by atoms with Crippen molar-refractivity contribution in [3.63, 3.8) is 0 Å². The molecule has 4 nitrogen and oxygen atoms in total. The highest BCUT2D eigenvalue weighted by atomic mass is 16.5. The average Bonchev–Trinajstić information content (AvgIpc) is 2.16. The largest absolute Gasteiger partial charge is 0.489 e. The lowest BCUT2D eigenvalue weighted by Gasteiger charge is -2.09. The summed E-state index contributed by atoms with van der Waals surface area (Å²) in [4.78, 5) is 14.4. The van der Waals surface area contributed by atoms with Crippen LogP contribution < -0.4 is 4.74 Å². The normalized spacial score (nSPS) is 10.3. The van der Waals surface area contributed by atoms with Gasteiger partial charge in [0.1, 0.15) is 5.75 Å². The van der Waals surface area contributed by atoms with E-state index in [0.717, 1.165) is 5.69 Å². The van der Waals surface area contributed by atoms with Crippen LogP contribution in [-0.2, 0) is 11.2 Å². The molecule has 0 unspecified atom stereocenters. The molecular formula is C11H15NO3. The van der Waals surface area contributed by atoms with Gasteiger partial charge in [0.2, 0.25) is 0 Å². The molecule has 0 bridgehead atoms. The van der Waals surface area contributed by atoms with Crippen LogP contribution in [0.2, 0.25) is 0 Å². The number of rotatable bonds is 5. The molecule has 0 spiro atoms. The fourth-order valence-corrected chi connectivity index (χ4v) is 1.14. The van der Waals surface area contributed by atoms with Gasteiger partial charge in [-0.3, -0.25) is 9.78 Å². The topological polar surface area (TPSA) is 59.4 Å². The SMILES string of the molecule is CC(C)Oc1ccc(CCC(=O)O)nc1. The van der Waals surface area contributed by atoms with E-state index in [1.54, 1.807) is 12.3 Å². The molecule has 82 valence electrons. The summed E-state index contributed by atoms with van der Waals surface area (Å²) in [5.41, 5.74) is 0.772. The van der Waals surface area contributed by atoms with Gasteiger partial charge in [-0.15, -0.1) is 0 Å². The van der Waals surface area contributed by atoms with E-state index in [1.165, 1.54) is 0 Å². The Morgan fingerprint density at radius 1 is 1.53 bits per heavy atom. The first-order chi connectivity index (χ1) is 7.08. The highest BCUT2D eigenvalue weighted by Crippen LogP contribution is 2.11. The Morgan fingerprint density at radius 3 is 2.73 bits per heavy atom. The zero-order valence-corrected chi connectivity index (χ0v) is 8.93. The number of hydrogen-bond donors (Lipinski definition) is 1. The van der Waals surface area contributed by atoms with E-state index in [9.17, 15) is 4.79 Å². The van der Waals surface area contributed by atoms with E-state index in [-0.39, 0.29) is 12.5 Å². The van der Waals surface area contributed by atoms with Gasteiger partial charge in [-0.1, -0.05) is 0 Å². The molecule has 1 aromatic rings. The Labute approximate surface area is 88.9 Å². The molecule has 0 aliphatic heterocycles. The Hall–Kier alpha value is -1.58. The minimum atomic E-state index is -0.806. The molecule has 0 amide bonds. The van der Waals surface area contributed by atoms with Crippen LogP contribution >= 0.6 is 0 Å². The second-order valence-corrected chi connectivity index (χ2v) is 3.55. The molecule has 1 aromatic heterocycles. The number of ether oxygens (including phenoxy) is 1. The van der Waals surface area contributed by atoms with Crippen molar-refractivity contribution in [2.75, 3.05) is 0 Å². The Balaban J connectivity index is 2.52. The Bertz CT molecular complexity index is 319. The molecule has 0 aromatic carbocycles. The van der Waals surface area contributed by atoms with E-state index in [2.05, 4.69) is 4.98 Å². The Morgan fingerprint density at radius 2 is 2.27 bits per heavy atom. The lowest BCUT2D eigenvalue weighted by molar-refractivity contribution is -0.136. The monoisotopic (exact) mass is 209 g/mol. The number of carboxylic acid groups (broad SMARTS) is 1. The maximum Gasteiger partial charge on any atom is 0.303 e. The molecule has 0 fully saturated rings. The summed E-state index contributed by atoms with van der Waals surface area (Å²) in [5, 5.41) is 8.50. The molecule has 0 aliphatic rings. The molecule has 1 heterocycles. The van der Waals surface area contributed by atoms with Gasteiger partial charge in [-0.05, 0) is 26.0 Å². The highest BCUT2D eigenvalue weighted by Gasteiger charge is 2.01. The van der Waals surface area contributed by atoms with Crippen molar-refractivity contribution >= 4 is 5.97 Å². The van der Waals surface area contributed by atoms with E-state index in [0.29, 0.717) is 12.2 Å². The molecule has 0 saturated heterocycles. The van der Waals surface area contributed by atoms with Crippen LogP contribution in [0.15, 0.2) is 18.3 Å². The van der Waals surface area contributed by atoms with Gasteiger partial charge in [0.15, 0.2) is 0 Å². The van der Waals surface area contributed by atoms with Crippen LogP contribution in [0, 0.1) is 0 Å². The van der Waals surface area contributed by atoms with Crippen molar-refractivity contribution in [2.24, 2.45) is 0 Å². The number of carbonyl (C=O) groups is 1. The molecule has 0 radical (unpaired) electrons. The number of aryl methyl sites for hydroxylation is 1. The predicted octanol–water partition coefficient (Wildman–Crippen LogP) is 1.89. The van der Waals surface area contributed by atoms with Gasteiger partial charge in [-0.25, -0.2) is 0 Å². The van der Waals surface area contributed by atoms with Crippen molar-refractivity contribution in [3.05, 3.63) is 24.0 Å². The van der Waals surface area contributed by atoms with Crippen LogP contribution in [0.5, 0.6) is 5.75 Å². The van der Waals surface area contributed by atoms with Gasteiger partial charge < -0.3 is 9.84 Å². The summed E-state index contributed by atoms with van der Waals surface area (Å²) in [6.45, 7) is 3.89. The van der Waals surface area contributed by atoms with Gasteiger partial charge in [0, 0.05) is 12.1 Å². The predicted molar refractivity (Wildman–Crippen MR) is 56.0 cm³/mol. The van der Waals surface area contributed by atoms with Crippen LogP contribution in [-0.4, -0.2) is 22.2 Å². The molecule has 15 heavy (non-hydrogen) atoms. The quantitative estimate of drug-likeness (QED) is 0.804. The van der Waals surface area contributed by atoms with Crippen LogP contribution in [0.3, 0.4) is 0 Å². The summed E-state index contributed by atoms with van der Waals surface area (Å²) in [7, 11) is 0. The maximum atomic E-state index is 10.3. The van der Waals surface area contributed by atoms with E-state index >= 15 is 0 Å². The van der Waals surface area contributed by atoms with Crippen molar-refractivity contribution < 1.29 is 14.6 Å². The van der Waals surface area contributed by atoms with Crippen molar-refractivity contribution in [1.29, 1.82) is 0 Å². The van der Waals surface area contributed by atoms with Crippen molar-refractivity contribution in [1.82, 2.24) is 4.98 Å². The van der Waals surface area contributed by atoms with Gasteiger partial charge >= 0.3 is 5.97 Å². The Kier molecular flexibility index (Phi) is 4.09. The molecule has 0 saturated carbocycles. The number of pyridine rings is 1. The number of carboxylic acids is 1. The van der Waals surface area contributed by atoms with E-state index in [4.69, 9.17) is 9.84 Å². The summed E-state index contributed by atoms with van der Waals surface area (Å²) in [5.74, 6) is -0.0941. The zero-order chi connectivity index (χ0) is 11.3. The smallest absolute Gasteiger partial charge is 0.303 e. The lowest BCUT2D eigenvalue weighted by atomic mass is 10.2. The van der Waals surface area contributed by atoms with Crippen molar-refractivity contribution in [3.8, 4) is 5.75 Å².